The summed E-state index contributed by atoms with van der Waals surface area (Å²) < 4.78 is 5.56. The van der Waals surface area contributed by atoms with Gasteiger partial charge >= 0.3 is 5.97 Å². The van der Waals surface area contributed by atoms with Crippen LogP contribution in [0.1, 0.15) is 63.9 Å². The highest BCUT2D eigenvalue weighted by Crippen LogP contribution is 2.32. The number of benzene rings is 1. The molecule has 0 amide bonds. The first-order valence-corrected chi connectivity index (χ1v) is 10.5. The lowest BCUT2D eigenvalue weighted by Gasteiger charge is -2.27. The summed E-state index contributed by atoms with van der Waals surface area (Å²) in [5.41, 5.74) is 2.33. The van der Waals surface area contributed by atoms with E-state index in [1.54, 1.807) is 0 Å². The van der Waals surface area contributed by atoms with E-state index in [1.165, 1.54) is 37.7 Å². The molecule has 0 aliphatic heterocycles. The summed E-state index contributed by atoms with van der Waals surface area (Å²) in [6.07, 6.45) is 12.1. The molecule has 1 aromatic heterocycles. The fourth-order valence-electron chi connectivity index (χ4n) is 4.09. The van der Waals surface area contributed by atoms with Gasteiger partial charge < -0.3 is 9.72 Å². The topological polar surface area (TPSA) is 42.1 Å². The third kappa shape index (κ3) is 5.03. The van der Waals surface area contributed by atoms with Gasteiger partial charge in [0.1, 0.15) is 0 Å². The predicted molar refractivity (Wildman–Crippen MR) is 108 cm³/mol. The van der Waals surface area contributed by atoms with Gasteiger partial charge in [0.15, 0.2) is 0 Å². The molecular weight excluding hydrogens is 346 g/mol. The summed E-state index contributed by atoms with van der Waals surface area (Å²) >= 11 is 6.09. The van der Waals surface area contributed by atoms with E-state index < -0.39 is 0 Å². The zero-order chi connectivity index (χ0) is 18.4. The zero-order valence-corrected chi connectivity index (χ0v) is 16.5. The van der Waals surface area contributed by atoms with E-state index in [4.69, 9.17) is 16.3 Å². The van der Waals surface area contributed by atoms with Crippen LogP contribution in [0.3, 0.4) is 0 Å². The number of halogens is 1. The fourth-order valence-corrected chi connectivity index (χ4v) is 4.26. The van der Waals surface area contributed by atoms with Crippen molar-refractivity contribution < 1.29 is 9.53 Å². The summed E-state index contributed by atoms with van der Waals surface area (Å²) in [6, 6.07) is 5.88. The third-order valence-electron chi connectivity index (χ3n) is 5.71. The highest BCUT2D eigenvalue weighted by molar-refractivity contribution is 6.31. The number of aromatic amines is 1. The highest BCUT2D eigenvalue weighted by Gasteiger charge is 2.26. The minimum atomic E-state index is 0.0147. The Morgan fingerprint density at radius 2 is 2.04 bits per heavy atom. The molecule has 0 unspecified atom stereocenters. The van der Waals surface area contributed by atoms with E-state index in [-0.39, 0.29) is 11.9 Å². The average Bonchev–Trinajstić information content (AvgIpc) is 3.06. The second-order valence-electron chi connectivity index (χ2n) is 7.63. The fraction of sp³-hybridized carbons (Fsp3) is 0.591. The van der Waals surface area contributed by atoms with E-state index in [1.807, 2.05) is 24.4 Å². The number of hydrogen-bond acceptors (Lipinski definition) is 2. The van der Waals surface area contributed by atoms with Crippen LogP contribution in [0.5, 0.6) is 0 Å². The molecule has 0 saturated heterocycles. The van der Waals surface area contributed by atoms with E-state index in [9.17, 15) is 4.79 Å². The van der Waals surface area contributed by atoms with Crippen LogP contribution in [0.25, 0.3) is 10.9 Å². The monoisotopic (exact) mass is 375 g/mol. The van der Waals surface area contributed by atoms with Gasteiger partial charge in [-0.2, -0.15) is 0 Å². The molecule has 1 saturated carbocycles. The Kier molecular flexibility index (Phi) is 7.01. The standard InChI is InChI=1S/C22H30ClNO2/c1-2-3-5-16-7-9-17(10-8-16)22(25)26-13-4-6-18-15-24-21-12-11-19(23)14-20(18)21/h11-12,14-17,24H,2-10,13H2,1H3. The van der Waals surface area contributed by atoms with Gasteiger partial charge in [-0.05, 0) is 68.2 Å². The van der Waals surface area contributed by atoms with E-state index in [0.717, 1.165) is 47.5 Å². The lowest BCUT2D eigenvalue weighted by molar-refractivity contribution is -0.150. The molecule has 26 heavy (non-hydrogen) atoms. The van der Waals surface area contributed by atoms with Crippen LogP contribution in [0.15, 0.2) is 24.4 Å². The van der Waals surface area contributed by atoms with Gasteiger partial charge in [0.05, 0.1) is 12.5 Å². The minimum Gasteiger partial charge on any atom is -0.465 e. The first-order valence-electron chi connectivity index (χ1n) is 10.1. The number of carbonyl (C=O) groups is 1. The molecule has 142 valence electrons. The number of fused-ring (bicyclic) bond motifs is 1. The number of unbranched alkanes of at least 4 members (excludes halogenated alkanes) is 1. The molecule has 1 heterocycles. The maximum absolute atomic E-state index is 12.3. The van der Waals surface area contributed by atoms with Crippen molar-refractivity contribution in [2.45, 2.75) is 64.7 Å². The third-order valence-corrected chi connectivity index (χ3v) is 5.95. The van der Waals surface area contributed by atoms with Gasteiger partial charge in [0.2, 0.25) is 0 Å². The Labute approximate surface area is 161 Å². The lowest BCUT2D eigenvalue weighted by Crippen LogP contribution is -2.24. The maximum atomic E-state index is 12.3. The largest absolute Gasteiger partial charge is 0.465 e. The second kappa shape index (κ2) is 9.45. The van der Waals surface area contributed by atoms with Crippen LogP contribution in [-0.2, 0) is 16.0 Å². The molecule has 1 aromatic carbocycles. The van der Waals surface area contributed by atoms with Crippen molar-refractivity contribution in [1.82, 2.24) is 4.98 Å². The smallest absolute Gasteiger partial charge is 0.308 e. The van der Waals surface area contributed by atoms with E-state index >= 15 is 0 Å². The molecule has 4 heteroatoms. The molecule has 1 aliphatic carbocycles. The molecule has 1 fully saturated rings. The predicted octanol–water partition coefficient (Wildman–Crippen LogP) is 6.29. The van der Waals surface area contributed by atoms with Crippen molar-refractivity contribution in [2.24, 2.45) is 11.8 Å². The van der Waals surface area contributed by atoms with E-state index in [0.29, 0.717) is 6.61 Å². The van der Waals surface area contributed by atoms with Gasteiger partial charge in [-0.1, -0.05) is 37.8 Å². The minimum absolute atomic E-state index is 0.0147. The molecule has 3 rings (SSSR count). The van der Waals surface area contributed by atoms with Crippen LogP contribution in [0, 0.1) is 11.8 Å². The number of aryl methyl sites for hydroxylation is 1. The Hall–Kier alpha value is -1.48. The average molecular weight is 376 g/mol. The Bertz CT molecular complexity index is 716. The number of aromatic nitrogens is 1. The molecule has 0 atom stereocenters. The molecule has 1 aliphatic rings. The molecule has 0 radical (unpaired) electrons. The molecule has 3 nitrogen and oxygen atoms in total. The Morgan fingerprint density at radius 3 is 2.81 bits per heavy atom. The van der Waals surface area contributed by atoms with Gasteiger partial charge in [-0.25, -0.2) is 0 Å². The van der Waals surface area contributed by atoms with Crippen LogP contribution >= 0.6 is 11.6 Å². The molecular formula is C22H30ClNO2. The van der Waals surface area contributed by atoms with Gasteiger partial charge in [-0.15, -0.1) is 0 Å². The molecule has 1 N–H and O–H groups in total. The Balaban J connectivity index is 1.38. The highest BCUT2D eigenvalue weighted by atomic mass is 35.5. The number of ether oxygens (including phenoxy) is 1. The summed E-state index contributed by atoms with van der Waals surface area (Å²) in [5.74, 6) is 0.966. The number of rotatable bonds is 8. The van der Waals surface area contributed by atoms with Gasteiger partial charge in [0, 0.05) is 22.1 Å². The molecule has 0 spiro atoms. The van der Waals surface area contributed by atoms with Crippen molar-refractivity contribution in [3.05, 3.63) is 35.0 Å². The summed E-state index contributed by atoms with van der Waals surface area (Å²) in [7, 11) is 0. The van der Waals surface area contributed by atoms with Gasteiger partial charge in [-0.3, -0.25) is 4.79 Å². The quantitative estimate of drug-likeness (QED) is 0.435. The summed E-state index contributed by atoms with van der Waals surface area (Å²) in [5, 5.41) is 1.91. The van der Waals surface area contributed by atoms with Crippen LogP contribution in [-0.4, -0.2) is 17.6 Å². The first-order chi connectivity index (χ1) is 12.7. The van der Waals surface area contributed by atoms with Crippen molar-refractivity contribution in [1.29, 1.82) is 0 Å². The second-order valence-corrected chi connectivity index (χ2v) is 8.07. The van der Waals surface area contributed by atoms with Crippen molar-refractivity contribution in [3.8, 4) is 0 Å². The zero-order valence-electron chi connectivity index (χ0n) is 15.7. The van der Waals surface area contributed by atoms with Crippen molar-refractivity contribution >= 4 is 28.5 Å². The van der Waals surface area contributed by atoms with E-state index in [2.05, 4.69) is 11.9 Å². The number of esters is 1. The first kappa shape index (κ1) is 19.3. The SMILES string of the molecule is CCCCC1CCC(C(=O)OCCCc2c[nH]c3ccc(Cl)cc23)CC1. The van der Waals surface area contributed by atoms with Crippen LogP contribution < -0.4 is 0 Å². The number of H-pyrrole nitrogens is 1. The van der Waals surface area contributed by atoms with Crippen molar-refractivity contribution in [3.63, 3.8) is 0 Å². The summed E-state index contributed by atoms with van der Waals surface area (Å²) in [6.45, 7) is 2.75. The Morgan fingerprint density at radius 1 is 1.23 bits per heavy atom. The van der Waals surface area contributed by atoms with Gasteiger partial charge in [0.25, 0.3) is 0 Å². The number of carbonyl (C=O) groups excluding carboxylic acids is 1. The number of nitrogens with one attached hydrogen (secondary N) is 1. The van der Waals surface area contributed by atoms with Crippen LogP contribution in [0.2, 0.25) is 5.02 Å². The normalized spacial score (nSPS) is 20.4. The molecule has 0 bridgehead atoms. The van der Waals surface area contributed by atoms with Crippen molar-refractivity contribution in [2.75, 3.05) is 6.61 Å². The summed E-state index contributed by atoms with van der Waals surface area (Å²) in [4.78, 5) is 15.6. The molecule has 2 aromatic rings. The lowest BCUT2D eigenvalue weighted by atomic mass is 9.80. The number of hydrogen-bond donors (Lipinski definition) is 1. The maximum Gasteiger partial charge on any atom is 0.308 e. The van der Waals surface area contributed by atoms with Crippen LogP contribution in [0.4, 0.5) is 0 Å².